The van der Waals surface area contributed by atoms with Crippen LogP contribution >= 0.6 is 0 Å². The van der Waals surface area contributed by atoms with Crippen molar-refractivity contribution in [2.24, 2.45) is 11.8 Å². The highest BCUT2D eigenvalue weighted by Crippen LogP contribution is 2.39. The average Bonchev–Trinajstić information content (AvgIpc) is 3.08. The molecule has 0 aromatic heterocycles. The van der Waals surface area contributed by atoms with Gasteiger partial charge in [0, 0.05) is 18.6 Å². The molecule has 4 fully saturated rings. The van der Waals surface area contributed by atoms with Crippen molar-refractivity contribution in [1.29, 1.82) is 0 Å². The van der Waals surface area contributed by atoms with Crippen LogP contribution in [0.15, 0.2) is 0 Å². The molecule has 4 aliphatic rings. The normalized spacial score (nSPS) is 45.3. The van der Waals surface area contributed by atoms with Gasteiger partial charge in [-0.2, -0.15) is 0 Å². The molecule has 0 aromatic rings. The number of carbonyl (C=O) groups is 1. The maximum atomic E-state index is 12.7. The van der Waals surface area contributed by atoms with Crippen LogP contribution in [0.5, 0.6) is 0 Å². The topological polar surface area (TPSA) is 32.3 Å². The van der Waals surface area contributed by atoms with Crippen LogP contribution < -0.4 is 5.32 Å². The summed E-state index contributed by atoms with van der Waals surface area (Å²) >= 11 is 0. The number of amides is 1. The van der Waals surface area contributed by atoms with Gasteiger partial charge in [-0.15, -0.1) is 0 Å². The van der Waals surface area contributed by atoms with Gasteiger partial charge in [-0.05, 0) is 56.8 Å². The Balaban J connectivity index is 1.41. The fourth-order valence-electron chi connectivity index (χ4n) is 5.08. The van der Waals surface area contributed by atoms with Crippen LogP contribution in [0.25, 0.3) is 0 Å². The van der Waals surface area contributed by atoms with Crippen LogP contribution in [0, 0.1) is 11.8 Å². The van der Waals surface area contributed by atoms with E-state index in [0.29, 0.717) is 18.0 Å². The number of nitrogens with one attached hydrogen (secondary N) is 1. The fraction of sp³-hybridized carbons (Fsp3) is 0.938. The van der Waals surface area contributed by atoms with Gasteiger partial charge in [0.05, 0.1) is 6.04 Å². The molecule has 0 aromatic carbocycles. The highest BCUT2D eigenvalue weighted by atomic mass is 16.2. The molecule has 1 amide bonds. The Morgan fingerprint density at radius 2 is 1.89 bits per heavy atom. The zero-order chi connectivity index (χ0) is 12.8. The van der Waals surface area contributed by atoms with Crippen molar-refractivity contribution in [3.63, 3.8) is 0 Å². The highest BCUT2D eigenvalue weighted by Gasteiger charge is 2.43. The third-order valence-corrected chi connectivity index (χ3v) is 6.14. The van der Waals surface area contributed by atoms with E-state index in [1.54, 1.807) is 0 Å². The van der Waals surface area contributed by atoms with Crippen LogP contribution in [-0.4, -0.2) is 35.5 Å². The van der Waals surface area contributed by atoms with Crippen LogP contribution in [0.3, 0.4) is 0 Å². The number of nitrogens with zero attached hydrogens (tertiary/aromatic N) is 1. The average molecular weight is 262 g/mol. The van der Waals surface area contributed by atoms with E-state index in [-0.39, 0.29) is 6.04 Å². The lowest BCUT2D eigenvalue weighted by Gasteiger charge is -2.41. The molecule has 2 saturated heterocycles. The van der Waals surface area contributed by atoms with E-state index in [4.69, 9.17) is 0 Å². The summed E-state index contributed by atoms with van der Waals surface area (Å²) in [5.74, 6) is 2.10. The molecule has 2 saturated carbocycles. The highest BCUT2D eigenvalue weighted by molar-refractivity contribution is 5.82. The van der Waals surface area contributed by atoms with Crippen molar-refractivity contribution in [3.8, 4) is 0 Å². The molecule has 2 aliphatic heterocycles. The van der Waals surface area contributed by atoms with Crippen LogP contribution in [0.1, 0.15) is 57.8 Å². The number of carbonyl (C=O) groups excluding carboxylic acids is 1. The van der Waals surface area contributed by atoms with E-state index in [1.165, 1.54) is 51.4 Å². The predicted octanol–water partition coefficient (Wildman–Crippen LogP) is 2.31. The van der Waals surface area contributed by atoms with Gasteiger partial charge in [0.2, 0.25) is 5.91 Å². The van der Waals surface area contributed by atoms with Crippen LogP contribution in [0.4, 0.5) is 0 Å². The maximum Gasteiger partial charge on any atom is 0.239 e. The van der Waals surface area contributed by atoms with Gasteiger partial charge in [-0.1, -0.05) is 12.8 Å². The predicted molar refractivity (Wildman–Crippen MR) is 74.7 cm³/mol. The van der Waals surface area contributed by atoms with Gasteiger partial charge in [0.1, 0.15) is 0 Å². The molecule has 106 valence electrons. The summed E-state index contributed by atoms with van der Waals surface area (Å²) in [4.78, 5) is 14.9. The standard InChI is InChI=1S/C16H26N2O/c19-16(18-10-11-5-7-13(18)9-11)15-8-6-12-3-1-2-4-14(12)17-15/h11-15,17H,1-10H2. The van der Waals surface area contributed by atoms with Gasteiger partial charge >= 0.3 is 0 Å². The molecule has 5 unspecified atom stereocenters. The number of fused-ring (bicyclic) bond motifs is 3. The second kappa shape index (κ2) is 4.76. The van der Waals surface area contributed by atoms with Crippen molar-refractivity contribution in [1.82, 2.24) is 10.2 Å². The molecule has 2 heterocycles. The molecular formula is C16H26N2O. The third-order valence-electron chi connectivity index (χ3n) is 6.14. The summed E-state index contributed by atoms with van der Waals surface area (Å²) < 4.78 is 0. The van der Waals surface area contributed by atoms with Gasteiger partial charge in [-0.25, -0.2) is 0 Å². The molecular weight excluding hydrogens is 236 g/mol. The lowest BCUT2D eigenvalue weighted by Crippen LogP contribution is -2.56. The van der Waals surface area contributed by atoms with E-state index in [0.717, 1.165) is 24.8 Å². The number of hydrogen-bond donors (Lipinski definition) is 1. The first-order valence-electron chi connectivity index (χ1n) is 8.38. The largest absolute Gasteiger partial charge is 0.338 e. The Morgan fingerprint density at radius 3 is 2.68 bits per heavy atom. The monoisotopic (exact) mass is 262 g/mol. The SMILES string of the molecule is O=C(C1CCC2CCCCC2N1)N1CC2CCC1C2. The smallest absolute Gasteiger partial charge is 0.239 e. The van der Waals surface area contributed by atoms with E-state index in [1.807, 2.05) is 0 Å². The summed E-state index contributed by atoms with van der Waals surface area (Å²) in [6.45, 7) is 1.05. The molecule has 3 nitrogen and oxygen atoms in total. The first kappa shape index (κ1) is 12.2. The molecule has 1 N–H and O–H groups in total. The number of hydrogen-bond acceptors (Lipinski definition) is 2. The quantitative estimate of drug-likeness (QED) is 0.786. The van der Waals surface area contributed by atoms with Crippen molar-refractivity contribution in [2.45, 2.75) is 75.9 Å². The Morgan fingerprint density at radius 1 is 1.00 bits per heavy atom. The second-order valence-electron chi connectivity index (χ2n) is 7.27. The zero-order valence-electron chi connectivity index (χ0n) is 11.8. The third kappa shape index (κ3) is 2.10. The molecule has 2 aliphatic carbocycles. The minimum Gasteiger partial charge on any atom is -0.338 e. The molecule has 2 bridgehead atoms. The van der Waals surface area contributed by atoms with Crippen molar-refractivity contribution >= 4 is 5.91 Å². The number of piperidine rings is 2. The van der Waals surface area contributed by atoms with Crippen LogP contribution in [0.2, 0.25) is 0 Å². The zero-order valence-corrected chi connectivity index (χ0v) is 11.8. The molecule has 4 rings (SSSR count). The maximum absolute atomic E-state index is 12.7. The Bertz CT molecular complexity index is 370. The first-order chi connectivity index (χ1) is 9.31. The molecule has 3 heteroatoms. The molecule has 0 radical (unpaired) electrons. The molecule has 19 heavy (non-hydrogen) atoms. The fourth-order valence-corrected chi connectivity index (χ4v) is 5.08. The Hall–Kier alpha value is -0.570. The van der Waals surface area contributed by atoms with Gasteiger partial charge in [-0.3, -0.25) is 4.79 Å². The van der Waals surface area contributed by atoms with Gasteiger partial charge in [0.25, 0.3) is 0 Å². The van der Waals surface area contributed by atoms with Crippen molar-refractivity contribution in [2.75, 3.05) is 6.54 Å². The van der Waals surface area contributed by atoms with Gasteiger partial charge < -0.3 is 10.2 Å². The molecule has 5 atom stereocenters. The summed E-state index contributed by atoms with van der Waals surface area (Å²) in [5, 5.41) is 3.70. The second-order valence-corrected chi connectivity index (χ2v) is 7.27. The Labute approximate surface area is 116 Å². The Kier molecular flexibility index (Phi) is 3.06. The summed E-state index contributed by atoms with van der Waals surface area (Å²) in [6.07, 6.45) is 11.7. The summed E-state index contributed by atoms with van der Waals surface area (Å²) in [6, 6.07) is 1.36. The lowest BCUT2D eigenvalue weighted by molar-refractivity contribution is -0.136. The summed E-state index contributed by atoms with van der Waals surface area (Å²) in [7, 11) is 0. The minimum absolute atomic E-state index is 0.138. The number of likely N-dealkylation sites (tertiary alicyclic amines) is 1. The van der Waals surface area contributed by atoms with Gasteiger partial charge in [0.15, 0.2) is 0 Å². The first-order valence-corrected chi connectivity index (χ1v) is 8.38. The van der Waals surface area contributed by atoms with E-state index in [9.17, 15) is 4.79 Å². The van der Waals surface area contributed by atoms with Crippen molar-refractivity contribution < 1.29 is 4.79 Å². The minimum atomic E-state index is 0.138. The molecule has 0 spiro atoms. The summed E-state index contributed by atoms with van der Waals surface area (Å²) in [5.41, 5.74) is 0. The number of rotatable bonds is 1. The van der Waals surface area contributed by atoms with Crippen molar-refractivity contribution in [3.05, 3.63) is 0 Å². The van der Waals surface area contributed by atoms with E-state index < -0.39 is 0 Å². The van der Waals surface area contributed by atoms with E-state index >= 15 is 0 Å². The lowest BCUT2D eigenvalue weighted by atomic mass is 9.77. The van der Waals surface area contributed by atoms with E-state index in [2.05, 4.69) is 10.2 Å². The van der Waals surface area contributed by atoms with Crippen LogP contribution in [-0.2, 0) is 4.79 Å².